The average Bonchev–Trinajstić information content (AvgIpc) is 2.72. The number of ether oxygens (including phenoxy) is 2. The molecule has 2 aromatic carbocycles. The van der Waals surface area contributed by atoms with Crippen molar-refractivity contribution in [2.75, 3.05) is 25.1 Å². The minimum absolute atomic E-state index is 0.191. The number of rotatable bonds is 7. The van der Waals surface area contributed by atoms with Crippen LogP contribution < -0.4 is 19.1 Å². The Morgan fingerprint density at radius 2 is 1.75 bits per heavy atom. The summed E-state index contributed by atoms with van der Waals surface area (Å²) in [5.74, 6) is 1.27. The van der Waals surface area contributed by atoms with Crippen LogP contribution in [0.5, 0.6) is 11.5 Å². The summed E-state index contributed by atoms with van der Waals surface area (Å²) in [7, 11) is 1.62. The highest BCUT2D eigenvalue weighted by Crippen LogP contribution is 2.27. The number of amides is 1. The summed E-state index contributed by atoms with van der Waals surface area (Å²) in [5.41, 5.74) is 0.158. The van der Waals surface area contributed by atoms with E-state index in [1.807, 2.05) is 42.5 Å². The number of hydrogen-bond donors (Lipinski definition) is 1. The lowest BCUT2D eigenvalue weighted by Crippen LogP contribution is -2.44. The smallest absolute Gasteiger partial charge is 0.273 e. The molecule has 1 fully saturated rings. The van der Waals surface area contributed by atoms with Crippen molar-refractivity contribution in [1.29, 1.82) is 0 Å². The predicted octanol–water partition coefficient (Wildman–Crippen LogP) is 4.67. The van der Waals surface area contributed by atoms with E-state index in [2.05, 4.69) is 15.7 Å². The van der Waals surface area contributed by atoms with E-state index in [-0.39, 0.29) is 5.91 Å². The second-order valence-corrected chi connectivity index (χ2v) is 8.25. The van der Waals surface area contributed by atoms with Crippen LogP contribution in [0.15, 0.2) is 53.4 Å². The second kappa shape index (κ2) is 9.24. The standard InChI is InChI=1S/C22H28N2O3S/c1-22(2,21(25)23-28-20-12-8-10-18(16-20)26-3)27-19-11-7-9-17(15-19)24-13-5-4-6-14-24/h7-12,15-16H,4-6,13-14H2,1-3H3,(H,23,25). The first kappa shape index (κ1) is 20.4. The van der Waals surface area contributed by atoms with E-state index in [4.69, 9.17) is 9.47 Å². The molecular formula is C22H28N2O3S. The Kier molecular flexibility index (Phi) is 6.73. The Morgan fingerprint density at radius 3 is 2.50 bits per heavy atom. The molecule has 1 heterocycles. The zero-order valence-corrected chi connectivity index (χ0v) is 17.6. The number of carbonyl (C=O) groups excluding carboxylic acids is 1. The van der Waals surface area contributed by atoms with Crippen molar-refractivity contribution in [1.82, 2.24) is 4.72 Å². The zero-order valence-electron chi connectivity index (χ0n) is 16.7. The van der Waals surface area contributed by atoms with Gasteiger partial charge in [0.1, 0.15) is 11.5 Å². The molecule has 0 spiro atoms. The third kappa shape index (κ3) is 5.35. The fraction of sp³-hybridized carbons (Fsp3) is 0.409. The van der Waals surface area contributed by atoms with Crippen molar-refractivity contribution in [2.45, 2.75) is 43.6 Å². The summed E-state index contributed by atoms with van der Waals surface area (Å²) in [6.07, 6.45) is 3.74. The highest BCUT2D eigenvalue weighted by atomic mass is 32.2. The molecular weight excluding hydrogens is 372 g/mol. The van der Waals surface area contributed by atoms with Gasteiger partial charge in [-0.05, 0) is 75.4 Å². The van der Waals surface area contributed by atoms with Crippen molar-refractivity contribution in [3.63, 3.8) is 0 Å². The van der Waals surface area contributed by atoms with Crippen molar-refractivity contribution < 1.29 is 14.3 Å². The predicted molar refractivity (Wildman–Crippen MR) is 114 cm³/mol. The molecule has 150 valence electrons. The SMILES string of the molecule is COc1cccc(SNC(=O)C(C)(C)Oc2cccc(N3CCCCC3)c2)c1. The minimum atomic E-state index is -0.994. The average molecular weight is 401 g/mol. The molecule has 0 unspecified atom stereocenters. The monoisotopic (exact) mass is 400 g/mol. The lowest BCUT2D eigenvalue weighted by Gasteiger charge is -2.30. The van der Waals surface area contributed by atoms with Crippen molar-refractivity contribution >= 4 is 23.5 Å². The summed E-state index contributed by atoms with van der Waals surface area (Å²) in [6, 6.07) is 15.6. The van der Waals surface area contributed by atoms with Gasteiger partial charge in [-0.15, -0.1) is 0 Å². The number of piperidine rings is 1. The van der Waals surface area contributed by atoms with Gasteiger partial charge in [0.15, 0.2) is 5.60 Å². The molecule has 0 bridgehead atoms. The first-order chi connectivity index (χ1) is 13.5. The quantitative estimate of drug-likeness (QED) is 0.685. The number of hydrogen-bond acceptors (Lipinski definition) is 5. The normalized spacial score (nSPS) is 14.5. The zero-order chi connectivity index (χ0) is 20.0. The van der Waals surface area contributed by atoms with E-state index in [9.17, 15) is 4.79 Å². The van der Waals surface area contributed by atoms with Gasteiger partial charge in [0.25, 0.3) is 5.91 Å². The lowest BCUT2D eigenvalue weighted by molar-refractivity contribution is -0.132. The van der Waals surface area contributed by atoms with E-state index in [1.165, 1.54) is 31.2 Å². The maximum absolute atomic E-state index is 12.7. The first-order valence-corrected chi connectivity index (χ1v) is 10.4. The second-order valence-electron chi connectivity index (χ2n) is 7.37. The number of methoxy groups -OCH3 is 1. The van der Waals surface area contributed by atoms with Crippen LogP contribution in [0.4, 0.5) is 5.69 Å². The number of nitrogens with one attached hydrogen (secondary N) is 1. The van der Waals surface area contributed by atoms with Crippen LogP contribution in [0.1, 0.15) is 33.1 Å². The molecule has 0 saturated carbocycles. The minimum Gasteiger partial charge on any atom is -0.497 e. The number of carbonyl (C=O) groups is 1. The van der Waals surface area contributed by atoms with Crippen LogP contribution in [0.3, 0.4) is 0 Å². The maximum Gasteiger partial charge on any atom is 0.273 e. The molecule has 1 amide bonds. The van der Waals surface area contributed by atoms with Crippen molar-refractivity contribution in [2.24, 2.45) is 0 Å². The van der Waals surface area contributed by atoms with Crippen LogP contribution in [0.25, 0.3) is 0 Å². The molecule has 6 heteroatoms. The first-order valence-electron chi connectivity index (χ1n) is 9.63. The number of anilines is 1. The van der Waals surface area contributed by atoms with Crippen molar-refractivity contribution in [3.05, 3.63) is 48.5 Å². The van der Waals surface area contributed by atoms with E-state index in [0.717, 1.165) is 29.4 Å². The van der Waals surface area contributed by atoms with Gasteiger partial charge in [0.05, 0.1) is 7.11 Å². The van der Waals surface area contributed by atoms with Crippen LogP contribution in [0, 0.1) is 0 Å². The Balaban J connectivity index is 1.61. The molecule has 0 aliphatic carbocycles. The van der Waals surface area contributed by atoms with Crippen LogP contribution in [0.2, 0.25) is 0 Å². The molecule has 1 aliphatic rings. The Morgan fingerprint density at radius 1 is 1.04 bits per heavy atom. The largest absolute Gasteiger partial charge is 0.497 e. The Labute approximate surface area is 171 Å². The topological polar surface area (TPSA) is 50.8 Å². The molecule has 3 rings (SSSR count). The van der Waals surface area contributed by atoms with E-state index < -0.39 is 5.60 Å². The van der Waals surface area contributed by atoms with Crippen molar-refractivity contribution in [3.8, 4) is 11.5 Å². The van der Waals surface area contributed by atoms with Crippen LogP contribution >= 0.6 is 11.9 Å². The third-order valence-corrected chi connectivity index (χ3v) is 5.54. The van der Waals surface area contributed by atoms with Gasteiger partial charge in [-0.25, -0.2) is 0 Å². The summed E-state index contributed by atoms with van der Waals surface area (Å²) < 4.78 is 14.1. The van der Waals surface area contributed by atoms with Gasteiger partial charge in [-0.1, -0.05) is 12.1 Å². The fourth-order valence-electron chi connectivity index (χ4n) is 3.13. The summed E-state index contributed by atoms with van der Waals surface area (Å²) in [5, 5.41) is 0. The lowest BCUT2D eigenvalue weighted by atomic mass is 10.1. The number of benzene rings is 2. The summed E-state index contributed by atoms with van der Waals surface area (Å²) in [4.78, 5) is 16.0. The highest BCUT2D eigenvalue weighted by molar-refractivity contribution is 7.98. The molecule has 1 N–H and O–H groups in total. The van der Waals surface area contributed by atoms with E-state index >= 15 is 0 Å². The van der Waals surface area contributed by atoms with Gasteiger partial charge in [-0.3, -0.25) is 9.52 Å². The van der Waals surface area contributed by atoms with Gasteiger partial charge >= 0.3 is 0 Å². The summed E-state index contributed by atoms with van der Waals surface area (Å²) in [6.45, 7) is 5.71. The van der Waals surface area contributed by atoms with Crippen LogP contribution in [-0.4, -0.2) is 31.7 Å². The Bertz CT molecular complexity index is 804. The maximum atomic E-state index is 12.7. The van der Waals surface area contributed by atoms with Gasteiger partial charge in [-0.2, -0.15) is 0 Å². The number of nitrogens with zero attached hydrogens (tertiary/aromatic N) is 1. The summed E-state index contributed by atoms with van der Waals surface area (Å²) >= 11 is 1.25. The fourth-order valence-corrected chi connectivity index (χ4v) is 3.91. The highest BCUT2D eigenvalue weighted by Gasteiger charge is 2.30. The Hall–Kier alpha value is -2.34. The molecule has 0 radical (unpaired) electrons. The van der Waals surface area contributed by atoms with E-state index in [1.54, 1.807) is 21.0 Å². The van der Waals surface area contributed by atoms with Crippen LogP contribution in [-0.2, 0) is 4.79 Å². The van der Waals surface area contributed by atoms with E-state index in [0.29, 0.717) is 5.75 Å². The van der Waals surface area contributed by atoms with Gasteiger partial charge < -0.3 is 14.4 Å². The van der Waals surface area contributed by atoms with Gasteiger partial charge in [0.2, 0.25) is 0 Å². The molecule has 0 atom stereocenters. The third-order valence-electron chi connectivity index (χ3n) is 4.76. The molecule has 28 heavy (non-hydrogen) atoms. The molecule has 2 aromatic rings. The van der Waals surface area contributed by atoms with Gasteiger partial charge in [0, 0.05) is 29.7 Å². The molecule has 1 saturated heterocycles. The molecule has 5 nitrogen and oxygen atoms in total. The molecule has 0 aromatic heterocycles. The molecule has 1 aliphatic heterocycles.